The van der Waals surface area contributed by atoms with E-state index in [0.29, 0.717) is 5.92 Å². The van der Waals surface area contributed by atoms with Crippen LogP contribution in [0.2, 0.25) is 0 Å². The fourth-order valence-electron chi connectivity index (χ4n) is 0.157. The highest BCUT2D eigenvalue weighted by molar-refractivity contribution is 4.49. The van der Waals surface area contributed by atoms with Crippen LogP contribution >= 0.6 is 0 Å². The van der Waals surface area contributed by atoms with Gasteiger partial charge in [-0.15, -0.1) is 0 Å². The summed E-state index contributed by atoms with van der Waals surface area (Å²) < 4.78 is 0. The Morgan fingerprint density at radius 3 is 1.86 bits per heavy atom. The molecule has 0 amide bonds. The van der Waals surface area contributed by atoms with E-state index in [1.54, 1.807) is 0 Å². The average Bonchev–Trinajstić information content (AvgIpc) is 1.65. The topological polar surface area (TPSA) is 61.3 Å². The van der Waals surface area contributed by atoms with E-state index in [2.05, 4.69) is 4.84 Å². The van der Waals surface area contributed by atoms with Crippen LogP contribution in [0.3, 0.4) is 0 Å². The van der Waals surface area contributed by atoms with Gasteiger partial charge in [-0.1, -0.05) is 13.8 Å². The van der Waals surface area contributed by atoms with E-state index < -0.39 is 0 Å². The van der Waals surface area contributed by atoms with Crippen LogP contribution in [0.4, 0.5) is 0 Å². The van der Waals surface area contributed by atoms with Crippen molar-refractivity contribution in [2.45, 2.75) is 20.1 Å². The van der Waals surface area contributed by atoms with E-state index in [1.165, 1.54) is 0 Å². The maximum absolute atomic E-state index is 5.27. The van der Waals surface area contributed by atoms with Gasteiger partial charge < -0.3 is 5.73 Å². The summed E-state index contributed by atoms with van der Waals surface area (Å²) in [6.45, 7) is 3.88. The number of rotatable bonds is 2. The molecule has 0 aliphatic rings. The Morgan fingerprint density at radius 1 is 1.43 bits per heavy atom. The monoisotopic (exact) mass is 104 g/mol. The van der Waals surface area contributed by atoms with E-state index in [-0.39, 0.29) is 6.23 Å². The maximum Gasteiger partial charge on any atom is 0.129 e. The molecule has 0 bridgehead atoms. The van der Waals surface area contributed by atoms with Crippen molar-refractivity contribution in [3.8, 4) is 0 Å². The molecule has 0 fully saturated rings. The Labute approximate surface area is 43.6 Å². The Balaban J connectivity index is 3.14. The van der Waals surface area contributed by atoms with Crippen LogP contribution in [0.1, 0.15) is 13.8 Å². The van der Waals surface area contributed by atoms with E-state index in [9.17, 15) is 0 Å². The fourth-order valence-corrected chi connectivity index (χ4v) is 0.157. The molecule has 4 N–H and O–H groups in total. The zero-order valence-electron chi connectivity index (χ0n) is 4.72. The lowest BCUT2D eigenvalue weighted by atomic mass is 10.2. The van der Waals surface area contributed by atoms with Gasteiger partial charge in [0, 0.05) is 0 Å². The molecule has 0 rings (SSSR count). The van der Waals surface area contributed by atoms with Gasteiger partial charge in [0.15, 0.2) is 0 Å². The van der Waals surface area contributed by atoms with Gasteiger partial charge >= 0.3 is 0 Å². The fraction of sp³-hybridized carbons (Fsp3) is 1.00. The summed E-state index contributed by atoms with van der Waals surface area (Å²) in [6, 6.07) is 0. The molecular weight excluding hydrogens is 92.1 g/mol. The second kappa shape index (κ2) is 2.96. The van der Waals surface area contributed by atoms with Crippen molar-refractivity contribution in [3.63, 3.8) is 0 Å². The largest absolute Gasteiger partial charge is 0.304 e. The molecule has 0 saturated carbocycles. The van der Waals surface area contributed by atoms with Crippen LogP contribution in [-0.2, 0) is 4.84 Å². The summed E-state index contributed by atoms with van der Waals surface area (Å²) in [5, 5.41) is 0. The number of hydrogen-bond acceptors (Lipinski definition) is 3. The molecule has 3 heteroatoms. The van der Waals surface area contributed by atoms with Crippen molar-refractivity contribution in [3.05, 3.63) is 0 Å². The molecule has 0 aromatic rings. The molecule has 0 aliphatic heterocycles. The van der Waals surface area contributed by atoms with Gasteiger partial charge in [-0.05, 0) is 5.92 Å². The second-order valence-corrected chi connectivity index (χ2v) is 1.84. The maximum atomic E-state index is 5.27. The number of hydrogen-bond donors (Lipinski definition) is 2. The summed E-state index contributed by atoms with van der Waals surface area (Å²) in [5.74, 6) is 5.04. The first-order chi connectivity index (χ1) is 3.18. The van der Waals surface area contributed by atoms with E-state index in [0.717, 1.165) is 0 Å². The zero-order chi connectivity index (χ0) is 5.86. The molecule has 0 radical (unpaired) electrons. The first kappa shape index (κ1) is 6.88. The van der Waals surface area contributed by atoms with Gasteiger partial charge in [0.25, 0.3) is 0 Å². The molecular formula is C4H12N2O. The molecule has 0 saturated heterocycles. The van der Waals surface area contributed by atoms with Crippen LogP contribution in [0.25, 0.3) is 0 Å². The van der Waals surface area contributed by atoms with Gasteiger partial charge in [-0.2, -0.15) is 0 Å². The van der Waals surface area contributed by atoms with Crippen LogP contribution in [-0.4, -0.2) is 6.23 Å². The van der Waals surface area contributed by atoms with Crippen molar-refractivity contribution in [2.75, 3.05) is 0 Å². The molecule has 1 unspecified atom stereocenters. The highest BCUT2D eigenvalue weighted by atomic mass is 16.6. The SMILES string of the molecule is CC(C)C(N)ON. The van der Waals surface area contributed by atoms with Gasteiger partial charge in [-0.25, -0.2) is 5.90 Å². The van der Waals surface area contributed by atoms with Crippen molar-refractivity contribution >= 4 is 0 Å². The molecule has 1 atom stereocenters. The lowest BCUT2D eigenvalue weighted by Gasteiger charge is -2.10. The van der Waals surface area contributed by atoms with Gasteiger partial charge in [0.2, 0.25) is 0 Å². The Kier molecular flexibility index (Phi) is 2.91. The molecule has 0 aliphatic carbocycles. The van der Waals surface area contributed by atoms with Crippen LogP contribution in [0.15, 0.2) is 0 Å². The predicted molar refractivity (Wildman–Crippen MR) is 28.1 cm³/mol. The van der Waals surface area contributed by atoms with E-state index in [4.69, 9.17) is 11.6 Å². The third-order valence-corrected chi connectivity index (χ3v) is 0.814. The van der Waals surface area contributed by atoms with Crippen molar-refractivity contribution < 1.29 is 4.84 Å². The summed E-state index contributed by atoms with van der Waals surface area (Å²) in [7, 11) is 0. The minimum atomic E-state index is -0.319. The van der Waals surface area contributed by atoms with E-state index >= 15 is 0 Å². The van der Waals surface area contributed by atoms with Crippen molar-refractivity contribution in [2.24, 2.45) is 17.5 Å². The minimum Gasteiger partial charge on any atom is -0.304 e. The molecule has 3 nitrogen and oxygen atoms in total. The highest BCUT2D eigenvalue weighted by Gasteiger charge is 2.03. The minimum absolute atomic E-state index is 0.296. The van der Waals surface area contributed by atoms with Crippen LogP contribution in [0.5, 0.6) is 0 Å². The highest BCUT2D eigenvalue weighted by Crippen LogP contribution is 1.94. The van der Waals surface area contributed by atoms with Crippen LogP contribution in [0, 0.1) is 5.92 Å². The molecule has 0 spiro atoms. The average molecular weight is 104 g/mol. The third-order valence-electron chi connectivity index (χ3n) is 0.814. The molecule has 7 heavy (non-hydrogen) atoms. The van der Waals surface area contributed by atoms with Crippen molar-refractivity contribution in [1.29, 1.82) is 0 Å². The summed E-state index contributed by atoms with van der Waals surface area (Å²) in [5.41, 5.74) is 5.27. The smallest absolute Gasteiger partial charge is 0.129 e. The Morgan fingerprint density at radius 2 is 1.86 bits per heavy atom. The Hall–Kier alpha value is -0.120. The quantitative estimate of drug-likeness (QED) is 0.377. The van der Waals surface area contributed by atoms with E-state index in [1.807, 2.05) is 13.8 Å². The predicted octanol–water partition coefficient (Wildman–Crippen LogP) is -0.182. The molecule has 0 aromatic carbocycles. The number of nitrogens with two attached hydrogens (primary N) is 2. The lowest BCUT2D eigenvalue weighted by molar-refractivity contribution is 0.0264. The molecule has 0 aromatic heterocycles. The normalized spacial score (nSPS) is 15.0. The zero-order valence-corrected chi connectivity index (χ0v) is 4.72. The third kappa shape index (κ3) is 2.56. The van der Waals surface area contributed by atoms with Crippen LogP contribution < -0.4 is 11.6 Å². The molecule has 0 heterocycles. The van der Waals surface area contributed by atoms with Gasteiger partial charge in [-0.3, -0.25) is 4.84 Å². The van der Waals surface area contributed by atoms with Gasteiger partial charge in [0.1, 0.15) is 6.23 Å². The first-order valence-electron chi connectivity index (χ1n) is 2.29. The first-order valence-corrected chi connectivity index (χ1v) is 2.29. The Bertz CT molecular complexity index is 47.0. The second-order valence-electron chi connectivity index (χ2n) is 1.84. The molecule has 44 valence electrons. The van der Waals surface area contributed by atoms with Crippen molar-refractivity contribution in [1.82, 2.24) is 0 Å². The van der Waals surface area contributed by atoms with Gasteiger partial charge in [0.05, 0.1) is 0 Å². The summed E-state index contributed by atoms with van der Waals surface area (Å²) in [6.07, 6.45) is -0.319. The standard InChI is InChI=1S/C4H12N2O/c1-3(2)4(5)7-6/h3-4H,5-6H2,1-2H3. The summed E-state index contributed by atoms with van der Waals surface area (Å²) in [4.78, 5) is 4.29. The summed E-state index contributed by atoms with van der Waals surface area (Å²) >= 11 is 0. The lowest BCUT2D eigenvalue weighted by Crippen LogP contribution is -2.32.